The van der Waals surface area contributed by atoms with E-state index in [0.29, 0.717) is 17.8 Å². The van der Waals surface area contributed by atoms with Gasteiger partial charge in [0.15, 0.2) is 6.61 Å². The van der Waals surface area contributed by atoms with Crippen LogP contribution in [0.1, 0.15) is 48.0 Å². The molecule has 0 aliphatic heterocycles. The Morgan fingerprint density at radius 2 is 1.97 bits per heavy atom. The van der Waals surface area contributed by atoms with Crippen molar-refractivity contribution in [1.29, 1.82) is 5.26 Å². The lowest BCUT2D eigenvalue weighted by Crippen LogP contribution is -2.22. The first-order chi connectivity index (χ1) is 16.0. The zero-order valence-corrected chi connectivity index (χ0v) is 18.0. The van der Waals surface area contributed by atoms with Gasteiger partial charge in [-0.1, -0.05) is 23.8 Å². The van der Waals surface area contributed by atoms with Crippen LogP contribution in [0.25, 0.3) is 0 Å². The summed E-state index contributed by atoms with van der Waals surface area (Å²) in [6, 6.07) is 12.2. The normalized spacial score (nSPS) is 12.8. The second kappa shape index (κ2) is 11.4. The molecule has 33 heavy (non-hydrogen) atoms. The molecular formula is C24H24N4O5. The number of carbonyl (C=O) groups is 2. The molecule has 170 valence electrons. The number of nitrogens with one attached hydrogen (secondary N) is 2. The number of ether oxygens (including phenoxy) is 1. The van der Waals surface area contributed by atoms with E-state index < -0.39 is 23.4 Å². The maximum atomic E-state index is 12.5. The fraction of sp³-hybridized carbons (Fsp3) is 0.292. The highest BCUT2D eigenvalue weighted by Crippen LogP contribution is 2.23. The quantitative estimate of drug-likeness (QED) is 0.248. The van der Waals surface area contributed by atoms with Crippen molar-refractivity contribution in [2.45, 2.75) is 32.1 Å². The minimum absolute atomic E-state index is 0.0634. The SMILES string of the molecule is N#Cc1cc([N+](=O)[O-])ccc1NC(=O)COC(=O)c1ccccc1NCCC1=CCCCC1. The van der Waals surface area contributed by atoms with Crippen LogP contribution < -0.4 is 10.6 Å². The van der Waals surface area contributed by atoms with Crippen LogP contribution in [0.3, 0.4) is 0 Å². The minimum atomic E-state index is -0.664. The summed E-state index contributed by atoms with van der Waals surface area (Å²) in [5.41, 5.74) is 2.14. The van der Waals surface area contributed by atoms with Gasteiger partial charge in [0.1, 0.15) is 6.07 Å². The molecule has 2 aromatic rings. The van der Waals surface area contributed by atoms with Crippen molar-refractivity contribution in [2.24, 2.45) is 0 Å². The van der Waals surface area contributed by atoms with Gasteiger partial charge in [0.25, 0.3) is 11.6 Å². The van der Waals surface area contributed by atoms with Gasteiger partial charge in [0, 0.05) is 24.4 Å². The predicted octanol–water partition coefficient (Wildman–Crippen LogP) is 4.56. The van der Waals surface area contributed by atoms with Crippen molar-refractivity contribution in [3.63, 3.8) is 0 Å². The van der Waals surface area contributed by atoms with Crippen LogP contribution in [0.4, 0.5) is 17.1 Å². The van der Waals surface area contributed by atoms with Gasteiger partial charge in [0.2, 0.25) is 0 Å². The Labute approximate surface area is 191 Å². The van der Waals surface area contributed by atoms with Gasteiger partial charge in [-0.3, -0.25) is 14.9 Å². The number of hydrogen-bond acceptors (Lipinski definition) is 7. The number of nitrogens with zero attached hydrogens (tertiary/aromatic N) is 2. The first-order valence-corrected chi connectivity index (χ1v) is 10.6. The van der Waals surface area contributed by atoms with Crippen molar-refractivity contribution >= 4 is 28.9 Å². The van der Waals surface area contributed by atoms with Crippen molar-refractivity contribution in [2.75, 3.05) is 23.8 Å². The Balaban J connectivity index is 1.55. The molecule has 2 aromatic carbocycles. The zero-order valence-electron chi connectivity index (χ0n) is 18.0. The fourth-order valence-corrected chi connectivity index (χ4v) is 3.55. The average Bonchev–Trinajstić information content (AvgIpc) is 2.83. The molecule has 3 rings (SSSR count). The van der Waals surface area contributed by atoms with Crippen LogP contribution >= 0.6 is 0 Å². The first-order valence-electron chi connectivity index (χ1n) is 10.6. The monoisotopic (exact) mass is 448 g/mol. The molecule has 0 fully saturated rings. The third kappa shape index (κ3) is 6.64. The van der Waals surface area contributed by atoms with Crippen LogP contribution in [0.5, 0.6) is 0 Å². The number of hydrogen-bond donors (Lipinski definition) is 2. The fourth-order valence-electron chi connectivity index (χ4n) is 3.55. The second-order valence-electron chi connectivity index (χ2n) is 7.55. The van der Waals surface area contributed by atoms with Crippen molar-refractivity contribution in [3.8, 4) is 6.07 Å². The summed E-state index contributed by atoms with van der Waals surface area (Å²) < 4.78 is 5.14. The maximum absolute atomic E-state index is 12.5. The topological polar surface area (TPSA) is 134 Å². The molecule has 0 spiro atoms. The summed E-state index contributed by atoms with van der Waals surface area (Å²) in [5, 5.41) is 25.7. The lowest BCUT2D eigenvalue weighted by atomic mass is 9.97. The Hall–Kier alpha value is -4.19. The van der Waals surface area contributed by atoms with Crippen LogP contribution in [0, 0.1) is 21.4 Å². The number of esters is 1. The van der Waals surface area contributed by atoms with Crippen LogP contribution in [0.15, 0.2) is 54.1 Å². The molecule has 1 aliphatic carbocycles. The maximum Gasteiger partial charge on any atom is 0.340 e. The number of rotatable bonds is 9. The van der Waals surface area contributed by atoms with Gasteiger partial charge >= 0.3 is 5.97 Å². The van der Waals surface area contributed by atoms with Gasteiger partial charge in [-0.2, -0.15) is 5.26 Å². The Morgan fingerprint density at radius 1 is 1.15 bits per heavy atom. The summed E-state index contributed by atoms with van der Waals surface area (Å²) in [5.74, 6) is -1.32. The number of carbonyl (C=O) groups excluding carboxylic acids is 2. The second-order valence-corrected chi connectivity index (χ2v) is 7.55. The van der Waals surface area contributed by atoms with E-state index in [1.807, 2.05) is 6.07 Å². The van der Waals surface area contributed by atoms with E-state index in [-0.39, 0.29) is 16.9 Å². The van der Waals surface area contributed by atoms with Crippen molar-refractivity contribution in [1.82, 2.24) is 0 Å². The molecule has 9 heteroatoms. The van der Waals surface area contributed by atoms with Gasteiger partial charge in [-0.15, -0.1) is 0 Å². The van der Waals surface area contributed by atoms with Crippen molar-refractivity contribution < 1.29 is 19.2 Å². The number of benzene rings is 2. The number of non-ortho nitro benzene ring substituents is 1. The van der Waals surface area contributed by atoms with E-state index in [1.54, 1.807) is 24.3 Å². The molecule has 0 heterocycles. The Kier molecular flexibility index (Phi) is 8.13. The molecule has 0 atom stereocenters. The molecule has 1 aliphatic rings. The van der Waals surface area contributed by atoms with Crippen LogP contribution in [-0.2, 0) is 9.53 Å². The molecule has 0 saturated heterocycles. The molecule has 2 N–H and O–H groups in total. The smallest absolute Gasteiger partial charge is 0.340 e. The summed E-state index contributed by atoms with van der Waals surface area (Å²) in [6.07, 6.45) is 7.88. The van der Waals surface area contributed by atoms with E-state index in [1.165, 1.54) is 30.5 Å². The van der Waals surface area contributed by atoms with Gasteiger partial charge in [0.05, 0.1) is 21.7 Å². The minimum Gasteiger partial charge on any atom is -0.452 e. The van der Waals surface area contributed by atoms with E-state index >= 15 is 0 Å². The van der Waals surface area contributed by atoms with E-state index in [0.717, 1.165) is 25.3 Å². The lowest BCUT2D eigenvalue weighted by molar-refractivity contribution is -0.384. The molecule has 0 aromatic heterocycles. The summed E-state index contributed by atoms with van der Waals surface area (Å²) in [6.45, 7) is 0.121. The highest BCUT2D eigenvalue weighted by Gasteiger charge is 2.16. The third-order valence-corrected chi connectivity index (χ3v) is 5.24. The number of amides is 1. The predicted molar refractivity (Wildman–Crippen MR) is 123 cm³/mol. The van der Waals surface area contributed by atoms with Gasteiger partial charge in [-0.25, -0.2) is 4.79 Å². The van der Waals surface area contributed by atoms with Crippen molar-refractivity contribution in [3.05, 3.63) is 75.4 Å². The molecule has 0 radical (unpaired) electrons. The molecule has 9 nitrogen and oxygen atoms in total. The highest BCUT2D eigenvalue weighted by molar-refractivity contribution is 5.99. The van der Waals surface area contributed by atoms with E-state index in [2.05, 4.69) is 16.7 Å². The van der Waals surface area contributed by atoms with Gasteiger partial charge in [-0.05, 0) is 50.3 Å². The van der Waals surface area contributed by atoms with E-state index in [4.69, 9.17) is 10.00 Å². The molecule has 0 saturated carbocycles. The molecule has 0 bridgehead atoms. The number of nitriles is 1. The van der Waals surface area contributed by atoms with Crippen LogP contribution in [0.2, 0.25) is 0 Å². The van der Waals surface area contributed by atoms with Gasteiger partial charge < -0.3 is 15.4 Å². The third-order valence-electron chi connectivity index (χ3n) is 5.24. The molecule has 0 unspecified atom stereocenters. The molecular weight excluding hydrogens is 424 g/mol. The standard InChI is InChI=1S/C24H24N4O5/c25-15-18-14-19(28(31)32)10-11-21(18)27-23(29)16-33-24(30)20-8-4-5-9-22(20)26-13-12-17-6-2-1-3-7-17/h4-6,8-11,14,26H,1-3,7,12-13,16H2,(H,27,29). The number of anilines is 2. The Morgan fingerprint density at radius 3 is 2.70 bits per heavy atom. The highest BCUT2D eigenvalue weighted by atomic mass is 16.6. The first kappa shape index (κ1) is 23.5. The van der Waals surface area contributed by atoms with E-state index in [9.17, 15) is 19.7 Å². The number of para-hydroxylation sites is 1. The summed E-state index contributed by atoms with van der Waals surface area (Å²) in [4.78, 5) is 35.0. The summed E-state index contributed by atoms with van der Waals surface area (Å²) >= 11 is 0. The number of nitro benzene ring substituents is 1. The van der Waals surface area contributed by atoms with Crippen LogP contribution in [-0.4, -0.2) is 30.0 Å². The average molecular weight is 448 g/mol. The number of nitro groups is 1. The Bertz CT molecular complexity index is 1120. The lowest BCUT2D eigenvalue weighted by Gasteiger charge is -2.15. The number of allylic oxidation sites excluding steroid dienone is 1. The molecule has 1 amide bonds. The summed E-state index contributed by atoms with van der Waals surface area (Å²) in [7, 11) is 0. The zero-order chi connectivity index (χ0) is 23.6. The largest absolute Gasteiger partial charge is 0.452 e.